The van der Waals surface area contributed by atoms with Crippen LogP contribution in [-0.2, 0) is 0 Å². The molecule has 0 spiro atoms. The van der Waals surface area contributed by atoms with Crippen molar-refractivity contribution in [1.29, 1.82) is 0 Å². The van der Waals surface area contributed by atoms with Crippen LogP contribution in [-0.4, -0.2) is 20.1 Å². The first-order valence-corrected chi connectivity index (χ1v) is 2.74. The van der Waals surface area contributed by atoms with Crippen LogP contribution in [0.4, 0.5) is 0 Å². The summed E-state index contributed by atoms with van der Waals surface area (Å²) < 4.78 is 0. The maximum Gasteiger partial charge on any atom is 0.0780 e. The predicted molar refractivity (Wildman–Crippen MR) is 36.6 cm³/mol. The molecule has 40 valence electrons. The van der Waals surface area contributed by atoms with Crippen molar-refractivity contribution in [2.24, 2.45) is 4.99 Å². The van der Waals surface area contributed by atoms with E-state index in [1.807, 2.05) is 19.1 Å². The average molecular weight is 105 g/mol. The van der Waals surface area contributed by atoms with Crippen LogP contribution in [0.2, 0.25) is 5.82 Å². The number of nitrogens with zero attached hydrogens (tertiary/aromatic N) is 1. The van der Waals surface area contributed by atoms with Crippen LogP contribution >= 0.6 is 0 Å². The van der Waals surface area contributed by atoms with Gasteiger partial charge in [-0.3, -0.25) is 4.99 Å². The molecule has 0 amide bonds. The van der Waals surface area contributed by atoms with Gasteiger partial charge in [0.05, 0.1) is 7.85 Å². The van der Waals surface area contributed by atoms with Crippen molar-refractivity contribution < 1.29 is 0 Å². The number of rotatable bonds is 0. The van der Waals surface area contributed by atoms with Gasteiger partial charge < -0.3 is 0 Å². The molecule has 1 unspecified atom stereocenters. The van der Waals surface area contributed by atoms with Crippen LogP contribution < -0.4 is 0 Å². The Morgan fingerprint density at radius 3 is 3.00 bits per heavy atom. The minimum atomic E-state index is 0.152. The summed E-state index contributed by atoms with van der Waals surface area (Å²) in [5, 5.41) is 0. The number of hydrogen-bond acceptors (Lipinski definition) is 1. The van der Waals surface area contributed by atoms with E-state index in [0.29, 0.717) is 0 Å². The second kappa shape index (κ2) is 2.16. The summed E-state index contributed by atoms with van der Waals surface area (Å²) in [6, 6.07) is 0. The van der Waals surface area contributed by atoms with Gasteiger partial charge >= 0.3 is 0 Å². The normalized spacial score (nSPS) is 27.6. The second-order valence-corrected chi connectivity index (χ2v) is 2.01. The molecule has 1 aliphatic heterocycles. The SMILES string of the molecule is [B]C1C=CC(C)=NC1. The fourth-order valence-electron chi connectivity index (χ4n) is 0.626. The van der Waals surface area contributed by atoms with Crippen molar-refractivity contribution in [3.8, 4) is 0 Å². The monoisotopic (exact) mass is 105 g/mol. The third kappa shape index (κ3) is 1.22. The van der Waals surface area contributed by atoms with Gasteiger partial charge in [-0.2, -0.15) is 0 Å². The second-order valence-electron chi connectivity index (χ2n) is 2.01. The van der Waals surface area contributed by atoms with Crippen molar-refractivity contribution in [2.45, 2.75) is 12.7 Å². The molecule has 1 nitrogen and oxygen atoms in total. The molecular weight excluding hydrogens is 96.9 g/mol. The highest BCUT2D eigenvalue weighted by Crippen LogP contribution is 2.06. The standard InChI is InChI=1S/C6H8BN/c1-5-2-3-6(7)4-8-5/h2-3,6H,4H2,1H3. The van der Waals surface area contributed by atoms with Crippen LogP contribution in [0, 0.1) is 0 Å². The van der Waals surface area contributed by atoms with Gasteiger partial charge in [0, 0.05) is 12.3 Å². The van der Waals surface area contributed by atoms with Gasteiger partial charge in [0.1, 0.15) is 0 Å². The van der Waals surface area contributed by atoms with Crippen molar-refractivity contribution in [3.05, 3.63) is 12.2 Å². The molecule has 2 heteroatoms. The Hall–Kier alpha value is -0.525. The Labute approximate surface area is 50.9 Å². The third-order valence-corrected chi connectivity index (χ3v) is 1.14. The van der Waals surface area contributed by atoms with Gasteiger partial charge in [-0.1, -0.05) is 6.08 Å². The highest BCUT2D eigenvalue weighted by atomic mass is 14.7. The molecule has 1 heterocycles. The van der Waals surface area contributed by atoms with Crippen LogP contribution in [0.5, 0.6) is 0 Å². The lowest BCUT2D eigenvalue weighted by Gasteiger charge is -2.06. The molecule has 0 N–H and O–H groups in total. The molecule has 0 saturated carbocycles. The van der Waals surface area contributed by atoms with Crippen LogP contribution in [0.1, 0.15) is 6.92 Å². The molecule has 0 aromatic carbocycles. The van der Waals surface area contributed by atoms with E-state index in [2.05, 4.69) is 4.99 Å². The number of dihydropyridines is 1. The lowest BCUT2D eigenvalue weighted by Crippen LogP contribution is -2.01. The Balaban J connectivity index is 2.58. The minimum Gasteiger partial charge on any atom is -0.290 e. The van der Waals surface area contributed by atoms with Crippen LogP contribution in [0.25, 0.3) is 0 Å². The number of aliphatic imine (C=N–C) groups is 1. The molecule has 0 aromatic heterocycles. The lowest BCUT2D eigenvalue weighted by molar-refractivity contribution is 0.985. The zero-order valence-corrected chi connectivity index (χ0v) is 4.96. The van der Waals surface area contributed by atoms with E-state index >= 15 is 0 Å². The third-order valence-electron chi connectivity index (χ3n) is 1.14. The summed E-state index contributed by atoms with van der Waals surface area (Å²) in [6.07, 6.45) is 3.93. The van der Waals surface area contributed by atoms with E-state index in [4.69, 9.17) is 7.85 Å². The molecule has 0 saturated heterocycles. The zero-order chi connectivity index (χ0) is 5.98. The predicted octanol–water partition coefficient (Wildman–Crippen LogP) is 0.974. The summed E-state index contributed by atoms with van der Waals surface area (Å²) in [7, 11) is 5.50. The molecule has 1 aliphatic rings. The topological polar surface area (TPSA) is 12.4 Å². The lowest BCUT2D eigenvalue weighted by atomic mass is 9.86. The van der Waals surface area contributed by atoms with E-state index in [0.717, 1.165) is 12.3 Å². The van der Waals surface area contributed by atoms with Gasteiger partial charge in [0.25, 0.3) is 0 Å². The first-order chi connectivity index (χ1) is 3.79. The summed E-state index contributed by atoms with van der Waals surface area (Å²) in [5.74, 6) is 0.152. The molecule has 0 bridgehead atoms. The highest BCUT2D eigenvalue weighted by Gasteiger charge is 1.98. The van der Waals surface area contributed by atoms with Gasteiger partial charge in [0.15, 0.2) is 0 Å². The Morgan fingerprint density at radius 1 is 1.88 bits per heavy atom. The van der Waals surface area contributed by atoms with Crippen molar-refractivity contribution in [3.63, 3.8) is 0 Å². The summed E-state index contributed by atoms with van der Waals surface area (Å²) in [4.78, 5) is 4.12. The Morgan fingerprint density at radius 2 is 2.62 bits per heavy atom. The maximum absolute atomic E-state index is 5.50. The summed E-state index contributed by atoms with van der Waals surface area (Å²) in [5.41, 5.74) is 1.08. The van der Waals surface area contributed by atoms with E-state index < -0.39 is 0 Å². The molecule has 0 aliphatic carbocycles. The molecule has 0 fully saturated rings. The zero-order valence-electron chi connectivity index (χ0n) is 4.96. The summed E-state index contributed by atoms with van der Waals surface area (Å²) >= 11 is 0. The van der Waals surface area contributed by atoms with E-state index in [1.54, 1.807) is 0 Å². The van der Waals surface area contributed by atoms with Crippen LogP contribution in [0.15, 0.2) is 17.1 Å². The largest absolute Gasteiger partial charge is 0.290 e. The van der Waals surface area contributed by atoms with Crippen LogP contribution in [0.3, 0.4) is 0 Å². The van der Waals surface area contributed by atoms with Gasteiger partial charge in [-0.25, -0.2) is 0 Å². The highest BCUT2D eigenvalue weighted by molar-refractivity contribution is 6.14. The van der Waals surface area contributed by atoms with Crippen molar-refractivity contribution >= 4 is 13.6 Å². The summed E-state index contributed by atoms with van der Waals surface area (Å²) in [6.45, 7) is 2.73. The quantitative estimate of drug-likeness (QED) is 0.407. The fourth-order valence-corrected chi connectivity index (χ4v) is 0.626. The van der Waals surface area contributed by atoms with Gasteiger partial charge in [-0.05, 0) is 18.8 Å². The fraction of sp³-hybridized carbons (Fsp3) is 0.500. The number of hydrogen-bond donors (Lipinski definition) is 0. The molecule has 2 radical (unpaired) electrons. The smallest absolute Gasteiger partial charge is 0.0780 e. The molecule has 8 heavy (non-hydrogen) atoms. The van der Waals surface area contributed by atoms with E-state index in [9.17, 15) is 0 Å². The molecule has 1 rings (SSSR count). The minimum absolute atomic E-state index is 0.152. The molecule has 0 aromatic rings. The first kappa shape index (κ1) is 5.61. The van der Waals surface area contributed by atoms with E-state index in [1.165, 1.54) is 0 Å². The molecular formula is C6H8BN. The van der Waals surface area contributed by atoms with Gasteiger partial charge in [-0.15, -0.1) is 0 Å². The van der Waals surface area contributed by atoms with Gasteiger partial charge in [0.2, 0.25) is 0 Å². The van der Waals surface area contributed by atoms with E-state index in [-0.39, 0.29) is 5.82 Å². The maximum atomic E-state index is 5.50. The Kier molecular flexibility index (Phi) is 1.52. The van der Waals surface area contributed by atoms with Crippen molar-refractivity contribution in [2.75, 3.05) is 6.54 Å². The Bertz CT molecular complexity index is 137. The van der Waals surface area contributed by atoms with Crippen molar-refractivity contribution in [1.82, 2.24) is 0 Å². The molecule has 1 atom stereocenters. The number of allylic oxidation sites excluding steroid dienone is 1. The first-order valence-electron chi connectivity index (χ1n) is 2.74. The average Bonchev–Trinajstić information content (AvgIpc) is 1.77.